The van der Waals surface area contributed by atoms with Crippen molar-refractivity contribution in [2.24, 2.45) is 5.92 Å². The van der Waals surface area contributed by atoms with Gasteiger partial charge in [-0.1, -0.05) is 17.8 Å². The van der Waals surface area contributed by atoms with Crippen LogP contribution in [-0.2, 0) is 6.42 Å². The fourth-order valence-electron chi connectivity index (χ4n) is 3.09. The maximum absolute atomic E-state index is 12.4. The fourth-order valence-corrected chi connectivity index (χ4v) is 3.71. The molecule has 1 fully saturated rings. The lowest BCUT2D eigenvalue weighted by molar-refractivity contribution is 0.0948. The Morgan fingerprint density at radius 1 is 1.38 bits per heavy atom. The van der Waals surface area contributed by atoms with Crippen LogP contribution in [-0.4, -0.2) is 45.1 Å². The molecule has 1 N–H and O–H groups in total. The van der Waals surface area contributed by atoms with E-state index in [-0.39, 0.29) is 5.91 Å². The van der Waals surface area contributed by atoms with Crippen LogP contribution in [0.15, 0.2) is 12.4 Å². The lowest BCUT2D eigenvalue weighted by Gasteiger charge is -2.32. The molecule has 1 aliphatic heterocycles. The average Bonchev–Trinajstić information content (AvgIpc) is 3.15. The molecule has 0 aromatic carbocycles. The Labute approximate surface area is 156 Å². The van der Waals surface area contributed by atoms with Crippen molar-refractivity contribution in [1.82, 2.24) is 24.9 Å². The minimum Gasteiger partial charge on any atom is -0.354 e. The Hall–Kier alpha value is -2.60. The summed E-state index contributed by atoms with van der Waals surface area (Å²) in [5.74, 6) is 0.983. The highest BCUT2D eigenvalue weighted by Crippen LogP contribution is 2.23. The van der Waals surface area contributed by atoms with Gasteiger partial charge in [-0.05, 0) is 36.7 Å². The van der Waals surface area contributed by atoms with E-state index >= 15 is 0 Å². The Balaban J connectivity index is 1.51. The Morgan fingerprint density at radius 2 is 2.15 bits per heavy atom. The summed E-state index contributed by atoms with van der Waals surface area (Å²) in [4.78, 5) is 23.5. The number of rotatable bonds is 6. The van der Waals surface area contributed by atoms with Crippen molar-refractivity contribution in [1.29, 1.82) is 5.26 Å². The van der Waals surface area contributed by atoms with Crippen molar-refractivity contribution in [3.8, 4) is 6.07 Å². The molecule has 136 valence electrons. The standard InChI is InChI=1S/C17H21N7OS/c1-2-3-13-15(26-23-22-13)17(25)21-11-12-4-8-24(9-5-12)16-14(10-18)19-6-7-20-16/h6-7,12H,2-5,8-9,11H2,1H3,(H,21,25). The van der Waals surface area contributed by atoms with Gasteiger partial charge in [-0.15, -0.1) is 5.10 Å². The highest BCUT2D eigenvalue weighted by atomic mass is 32.1. The average molecular weight is 371 g/mol. The fraction of sp³-hybridized carbons (Fsp3) is 0.529. The Kier molecular flexibility index (Phi) is 6.07. The Morgan fingerprint density at radius 3 is 2.88 bits per heavy atom. The molecular weight excluding hydrogens is 350 g/mol. The maximum Gasteiger partial charge on any atom is 0.264 e. The van der Waals surface area contributed by atoms with E-state index in [4.69, 9.17) is 5.26 Å². The van der Waals surface area contributed by atoms with Crippen molar-refractivity contribution in [2.75, 3.05) is 24.5 Å². The second-order valence-electron chi connectivity index (χ2n) is 6.28. The normalized spacial score (nSPS) is 14.8. The first-order valence-corrected chi connectivity index (χ1v) is 9.55. The number of piperidine rings is 1. The number of nitrogens with one attached hydrogen (secondary N) is 1. The van der Waals surface area contributed by atoms with Crippen molar-refractivity contribution in [2.45, 2.75) is 32.6 Å². The monoisotopic (exact) mass is 371 g/mol. The molecule has 0 unspecified atom stereocenters. The van der Waals surface area contributed by atoms with Crippen LogP contribution in [0.25, 0.3) is 0 Å². The van der Waals surface area contributed by atoms with E-state index in [2.05, 4.69) is 42.8 Å². The summed E-state index contributed by atoms with van der Waals surface area (Å²) < 4.78 is 3.90. The number of aryl methyl sites for hydroxylation is 1. The van der Waals surface area contributed by atoms with E-state index in [9.17, 15) is 4.79 Å². The van der Waals surface area contributed by atoms with E-state index in [0.29, 0.717) is 28.9 Å². The molecule has 0 saturated carbocycles. The lowest BCUT2D eigenvalue weighted by atomic mass is 9.96. The largest absolute Gasteiger partial charge is 0.354 e. The van der Waals surface area contributed by atoms with Crippen LogP contribution < -0.4 is 10.2 Å². The molecule has 0 bridgehead atoms. The molecule has 8 nitrogen and oxygen atoms in total. The highest BCUT2D eigenvalue weighted by Gasteiger charge is 2.23. The molecule has 3 rings (SSSR count). The van der Waals surface area contributed by atoms with E-state index in [1.165, 1.54) is 6.20 Å². The summed E-state index contributed by atoms with van der Waals surface area (Å²) >= 11 is 1.16. The van der Waals surface area contributed by atoms with E-state index in [0.717, 1.165) is 56.0 Å². The molecule has 0 radical (unpaired) electrons. The molecule has 9 heteroatoms. The third kappa shape index (κ3) is 4.14. The summed E-state index contributed by atoms with van der Waals surface area (Å²) in [5, 5.41) is 16.2. The van der Waals surface area contributed by atoms with Gasteiger partial charge in [-0.2, -0.15) is 5.26 Å². The first kappa shape index (κ1) is 18.2. The number of nitriles is 1. The van der Waals surface area contributed by atoms with Crippen LogP contribution >= 0.6 is 11.5 Å². The van der Waals surface area contributed by atoms with Gasteiger partial charge in [0.2, 0.25) is 0 Å². The molecular formula is C17H21N7OS. The number of anilines is 1. The molecule has 0 spiro atoms. The number of carbonyl (C=O) groups excluding carboxylic acids is 1. The van der Waals surface area contributed by atoms with Crippen LogP contribution in [0.4, 0.5) is 5.82 Å². The molecule has 26 heavy (non-hydrogen) atoms. The lowest BCUT2D eigenvalue weighted by Crippen LogP contribution is -2.39. The van der Waals surface area contributed by atoms with Gasteiger partial charge in [-0.3, -0.25) is 4.79 Å². The van der Waals surface area contributed by atoms with Crippen LogP contribution in [0.2, 0.25) is 0 Å². The van der Waals surface area contributed by atoms with E-state index < -0.39 is 0 Å². The third-order valence-electron chi connectivity index (χ3n) is 4.50. The zero-order valence-corrected chi connectivity index (χ0v) is 15.5. The zero-order chi connectivity index (χ0) is 18.4. The van der Waals surface area contributed by atoms with Gasteiger partial charge in [0.1, 0.15) is 10.9 Å². The number of hydrogen-bond acceptors (Lipinski definition) is 8. The molecule has 0 aliphatic carbocycles. The number of carbonyl (C=O) groups is 1. The second kappa shape index (κ2) is 8.67. The topological polar surface area (TPSA) is 108 Å². The van der Waals surface area contributed by atoms with Gasteiger partial charge in [-0.25, -0.2) is 9.97 Å². The zero-order valence-electron chi connectivity index (χ0n) is 14.7. The molecule has 2 aromatic rings. The molecule has 1 aliphatic rings. The summed E-state index contributed by atoms with van der Waals surface area (Å²) in [6, 6.07) is 2.09. The molecule has 3 heterocycles. The molecule has 1 amide bonds. The number of nitrogens with zero attached hydrogens (tertiary/aromatic N) is 6. The van der Waals surface area contributed by atoms with Crippen molar-refractivity contribution >= 4 is 23.3 Å². The SMILES string of the molecule is CCCc1nnsc1C(=O)NCC1CCN(c2nccnc2C#N)CC1. The summed E-state index contributed by atoms with van der Waals surface area (Å²) in [7, 11) is 0. The van der Waals surface area contributed by atoms with E-state index in [1.54, 1.807) is 6.20 Å². The number of hydrogen-bond donors (Lipinski definition) is 1. The summed E-state index contributed by atoms with van der Waals surface area (Å²) in [6.45, 7) is 4.31. The van der Waals surface area contributed by atoms with Gasteiger partial charge >= 0.3 is 0 Å². The first-order valence-electron chi connectivity index (χ1n) is 8.78. The molecule has 0 atom stereocenters. The van der Waals surface area contributed by atoms with Crippen molar-refractivity contribution < 1.29 is 4.79 Å². The smallest absolute Gasteiger partial charge is 0.264 e. The van der Waals surface area contributed by atoms with Crippen LogP contribution in [0.3, 0.4) is 0 Å². The predicted molar refractivity (Wildman–Crippen MR) is 97.9 cm³/mol. The van der Waals surface area contributed by atoms with Gasteiger partial charge in [0.15, 0.2) is 11.5 Å². The second-order valence-corrected chi connectivity index (χ2v) is 7.03. The summed E-state index contributed by atoms with van der Waals surface area (Å²) in [5.41, 5.74) is 1.15. The van der Waals surface area contributed by atoms with Gasteiger partial charge < -0.3 is 10.2 Å². The van der Waals surface area contributed by atoms with Crippen LogP contribution in [0, 0.1) is 17.2 Å². The van der Waals surface area contributed by atoms with Gasteiger partial charge in [0.25, 0.3) is 5.91 Å². The summed E-state index contributed by atoms with van der Waals surface area (Å²) in [6.07, 6.45) is 6.73. The highest BCUT2D eigenvalue weighted by molar-refractivity contribution is 7.08. The third-order valence-corrected chi connectivity index (χ3v) is 5.27. The minimum atomic E-state index is -0.0772. The van der Waals surface area contributed by atoms with Crippen LogP contribution in [0.5, 0.6) is 0 Å². The molecule has 2 aromatic heterocycles. The van der Waals surface area contributed by atoms with Gasteiger partial charge in [0, 0.05) is 32.0 Å². The number of amides is 1. The van der Waals surface area contributed by atoms with Gasteiger partial charge in [0.05, 0.1) is 5.69 Å². The first-order chi connectivity index (χ1) is 12.7. The quantitative estimate of drug-likeness (QED) is 0.825. The van der Waals surface area contributed by atoms with Crippen molar-refractivity contribution in [3.05, 3.63) is 28.7 Å². The predicted octanol–water partition coefficient (Wildman–Crippen LogP) is 1.80. The minimum absolute atomic E-state index is 0.0772. The van der Waals surface area contributed by atoms with Crippen LogP contribution in [0.1, 0.15) is 47.2 Å². The number of aromatic nitrogens is 4. The molecule has 1 saturated heterocycles. The maximum atomic E-state index is 12.4. The Bertz CT molecular complexity index is 792. The van der Waals surface area contributed by atoms with Crippen molar-refractivity contribution in [3.63, 3.8) is 0 Å². The van der Waals surface area contributed by atoms with E-state index in [1.807, 2.05) is 0 Å².